The van der Waals surface area contributed by atoms with Crippen molar-refractivity contribution >= 4 is 21.7 Å². The number of rotatable bonds is 10. The third-order valence-corrected chi connectivity index (χ3v) is 7.51. The molecule has 1 heterocycles. The minimum atomic E-state index is -3.52. The first kappa shape index (κ1) is 24.8. The lowest BCUT2D eigenvalue weighted by molar-refractivity contribution is 0.0934. The number of nitrogens with one attached hydrogen (secondary N) is 2. The van der Waals surface area contributed by atoms with Gasteiger partial charge in [0.1, 0.15) is 5.69 Å². The molecule has 2 N–H and O–H groups in total. The molecule has 8 heteroatoms. The number of benzene rings is 1. The van der Waals surface area contributed by atoms with Crippen LogP contribution in [0.3, 0.4) is 0 Å². The van der Waals surface area contributed by atoms with Crippen LogP contribution in [-0.2, 0) is 16.4 Å². The summed E-state index contributed by atoms with van der Waals surface area (Å²) in [6.07, 6.45) is 1.45. The Balaban J connectivity index is 2.25. The highest BCUT2D eigenvalue weighted by atomic mass is 32.2. The molecule has 0 saturated heterocycles. The smallest absolute Gasteiger partial charge is 0.268 e. The number of hydrogen-bond donors (Lipinski definition) is 2. The van der Waals surface area contributed by atoms with E-state index in [2.05, 4.69) is 10.3 Å². The van der Waals surface area contributed by atoms with Gasteiger partial charge in [0, 0.05) is 24.3 Å². The zero-order chi connectivity index (χ0) is 23.3. The minimum absolute atomic E-state index is 0.0608. The Bertz CT molecular complexity index is 1040. The third-order valence-electron chi connectivity index (χ3n) is 5.44. The summed E-state index contributed by atoms with van der Waals surface area (Å²) in [4.78, 5) is 28.3. The monoisotopic (exact) mass is 447 g/mol. The van der Waals surface area contributed by atoms with Gasteiger partial charge in [0.05, 0.1) is 10.9 Å². The van der Waals surface area contributed by atoms with Crippen LogP contribution >= 0.6 is 0 Å². The van der Waals surface area contributed by atoms with Crippen molar-refractivity contribution in [2.75, 3.05) is 13.1 Å². The number of carbonyl (C=O) groups excluding carboxylic acids is 2. The largest absolute Gasteiger partial charge is 0.354 e. The number of ketones is 1. The van der Waals surface area contributed by atoms with Crippen molar-refractivity contribution in [3.8, 4) is 0 Å². The summed E-state index contributed by atoms with van der Waals surface area (Å²) in [5, 5.41) is 2.95. The number of H-pyrrole nitrogens is 1. The molecule has 0 aliphatic carbocycles. The maximum atomic E-state index is 12.9. The summed E-state index contributed by atoms with van der Waals surface area (Å²) >= 11 is 0. The molecule has 1 unspecified atom stereocenters. The van der Waals surface area contributed by atoms with Crippen LogP contribution in [0.1, 0.15) is 84.7 Å². The van der Waals surface area contributed by atoms with Gasteiger partial charge in [-0.15, -0.1) is 0 Å². The Hall–Kier alpha value is -2.45. The van der Waals surface area contributed by atoms with Gasteiger partial charge < -0.3 is 10.3 Å². The molecule has 0 fully saturated rings. The molecule has 0 spiro atoms. The molecular weight excluding hydrogens is 414 g/mol. The zero-order valence-corrected chi connectivity index (χ0v) is 20.0. The fourth-order valence-electron chi connectivity index (χ4n) is 3.84. The third kappa shape index (κ3) is 5.25. The Morgan fingerprint density at radius 3 is 2.16 bits per heavy atom. The van der Waals surface area contributed by atoms with Crippen LogP contribution < -0.4 is 5.32 Å². The van der Waals surface area contributed by atoms with Crippen molar-refractivity contribution in [2.45, 2.75) is 65.3 Å². The van der Waals surface area contributed by atoms with Crippen LogP contribution in [0.2, 0.25) is 0 Å². The number of nitrogens with zero attached hydrogens (tertiary/aromatic N) is 1. The molecule has 1 aromatic heterocycles. The predicted octanol–water partition coefficient (Wildman–Crippen LogP) is 4.00. The SMILES string of the molecule is CCCc1c(C(=O)NC(C)c2ccc(S(=O)(=O)N(CC)CC)cc2)[nH]c(C)c1C(C)=O. The number of carbonyl (C=O) groups is 2. The van der Waals surface area contributed by atoms with Gasteiger partial charge in [0.15, 0.2) is 5.78 Å². The topological polar surface area (TPSA) is 99.3 Å². The van der Waals surface area contributed by atoms with Gasteiger partial charge in [-0.3, -0.25) is 9.59 Å². The molecule has 2 rings (SSSR count). The molecule has 31 heavy (non-hydrogen) atoms. The van der Waals surface area contributed by atoms with Crippen LogP contribution in [0, 0.1) is 6.92 Å². The van der Waals surface area contributed by atoms with E-state index in [1.165, 1.54) is 11.2 Å². The molecule has 1 atom stereocenters. The Morgan fingerprint density at radius 1 is 1.10 bits per heavy atom. The van der Waals surface area contributed by atoms with Gasteiger partial charge >= 0.3 is 0 Å². The summed E-state index contributed by atoms with van der Waals surface area (Å²) in [5.74, 6) is -0.347. The lowest BCUT2D eigenvalue weighted by Gasteiger charge is -2.19. The van der Waals surface area contributed by atoms with Crippen LogP contribution in [0.25, 0.3) is 0 Å². The molecule has 0 aliphatic rings. The van der Waals surface area contributed by atoms with Crippen LogP contribution in [0.4, 0.5) is 0 Å². The maximum absolute atomic E-state index is 12.9. The lowest BCUT2D eigenvalue weighted by atomic mass is 10.0. The number of sulfonamides is 1. The highest BCUT2D eigenvalue weighted by Crippen LogP contribution is 2.23. The molecule has 1 amide bonds. The summed E-state index contributed by atoms with van der Waals surface area (Å²) in [6.45, 7) is 11.6. The van der Waals surface area contributed by atoms with Gasteiger partial charge in [-0.2, -0.15) is 4.31 Å². The van der Waals surface area contributed by atoms with E-state index in [0.29, 0.717) is 36.5 Å². The second kappa shape index (κ2) is 10.2. The quantitative estimate of drug-likeness (QED) is 0.538. The van der Waals surface area contributed by atoms with Crippen molar-refractivity contribution in [1.82, 2.24) is 14.6 Å². The van der Waals surface area contributed by atoms with E-state index in [1.807, 2.05) is 13.8 Å². The first-order valence-corrected chi connectivity index (χ1v) is 12.2. The summed E-state index contributed by atoms with van der Waals surface area (Å²) < 4.78 is 26.7. The molecule has 170 valence electrons. The van der Waals surface area contributed by atoms with Crippen molar-refractivity contribution in [3.05, 3.63) is 52.3 Å². The van der Waals surface area contributed by atoms with Crippen molar-refractivity contribution in [3.63, 3.8) is 0 Å². The van der Waals surface area contributed by atoms with E-state index in [-0.39, 0.29) is 22.6 Å². The average molecular weight is 448 g/mol. The number of aromatic amines is 1. The van der Waals surface area contributed by atoms with Crippen molar-refractivity contribution < 1.29 is 18.0 Å². The standard InChI is InChI=1S/C23H33N3O4S/c1-7-10-20-21(17(6)27)16(5)24-22(20)23(28)25-15(4)18-11-13-19(14-12-18)31(29,30)26(8-2)9-3/h11-15,24H,7-10H2,1-6H3,(H,25,28). The number of aromatic nitrogens is 1. The van der Waals surface area contributed by atoms with Crippen molar-refractivity contribution in [1.29, 1.82) is 0 Å². The number of aryl methyl sites for hydroxylation is 1. The Morgan fingerprint density at radius 2 is 1.68 bits per heavy atom. The minimum Gasteiger partial charge on any atom is -0.354 e. The Kier molecular flexibility index (Phi) is 8.20. The highest BCUT2D eigenvalue weighted by molar-refractivity contribution is 7.89. The van der Waals surface area contributed by atoms with E-state index in [9.17, 15) is 18.0 Å². The van der Waals surface area contributed by atoms with Crippen LogP contribution in [-0.4, -0.2) is 42.5 Å². The summed E-state index contributed by atoms with van der Waals surface area (Å²) in [7, 11) is -3.52. The van der Waals surface area contributed by atoms with E-state index >= 15 is 0 Å². The van der Waals surface area contributed by atoms with Gasteiger partial charge in [0.25, 0.3) is 5.91 Å². The van der Waals surface area contributed by atoms with E-state index in [4.69, 9.17) is 0 Å². The fourth-order valence-corrected chi connectivity index (χ4v) is 5.30. The summed E-state index contributed by atoms with van der Waals surface area (Å²) in [5.41, 5.74) is 3.24. The molecular formula is C23H33N3O4S. The second-order valence-corrected chi connectivity index (χ2v) is 9.58. The average Bonchev–Trinajstić information content (AvgIpc) is 3.05. The molecule has 2 aromatic rings. The number of hydrogen-bond acceptors (Lipinski definition) is 4. The normalized spacial score (nSPS) is 12.7. The van der Waals surface area contributed by atoms with Gasteiger partial charge in [0.2, 0.25) is 10.0 Å². The maximum Gasteiger partial charge on any atom is 0.268 e. The van der Waals surface area contributed by atoms with E-state index in [0.717, 1.165) is 17.5 Å². The van der Waals surface area contributed by atoms with E-state index < -0.39 is 10.0 Å². The molecule has 0 radical (unpaired) electrons. The van der Waals surface area contributed by atoms with Gasteiger partial charge in [-0.25, -0.2) is 8.42 Å². The lowest BCUT2D eigenvalue weighted by Crippen LogP contribution is -2.30. The fraction of sp³-hybridized carbons (Fsp3) is 0.478. The molecule has 0 bridgehead atoms. The second-order valence-electron chi connectivity index (χ2n) is 7.64. The Labute approximate surface area is 185 Å². The molecule has 0 saturated carbocycles. The number of amides is 1. The predicted molar refractivity (Wildman–Crippen MR) is 122 cm³/mol. The zero-order valence-electron chi connectivity index (χ0n) is 19.2. The molecule has 0 aliphatic heterocycles. The first-order chi connectivity index (χ1) is 14.6. The number of Topliss-reactive ketones (excluding diaryl/α,β-unsaturated/α-hetero) is 1. The molecule has 1 aromatic carbocycles. The van der Waals surface area contributed by atoms with Crippen LogP contribution in [0.15, 0.2) is 29.2 Å². The van der Waals surface area contributed by atoms with E-state index in [1.54, 1.807) is 45.0 Å². The molecule has 7 nitrogen and oxygen atoms in total. The first-order valence-electron chi connectivity index (χ1n) is 10.7. The highest BCUT2D eigenvalue weighted by Gasteiger charge is 2.24. The van der Waals surface area contributed by atoms with Gasteiger partial charge in [-0.1, -0.05) is 39.3 Å². The van der Waals surface area contributed by atoms with Crippen LogP contribution in [0.5, 0.6) is 0 Å². The van der Waals surface area contributed by atoms with Crippen molar-refractivity contribution in [2.24, 2.45) is 0 Å². The summed E-state index contributed by atoms with van der Waals surface area (Å²) in [6, 6.07) is 6.24. The van der Waals surface area contributed by atoms with Gasteiger partial charge in [-0.05, 0) is 50.5 Å².